The highest BCUT2D eigenvalue weighted by molar-refractivity contribution is 8.02. The molecule has 0 aliphatic rings. The Kier molecular flexibility index (Phi) is 8.50. The lowest BCUT2D eigenvalue weighted by molar-refractivity contribution is -0.464. The van der Waals surface area contributed by atoms with E-state index in [0.717, 1.165) is 30.7 Å². The molecule has 0 aromatic rings. The van der Waals surface area contributed by atoms with Gasteiger partial charge < -0.3 is 0 Å². The van der Waals surface area contributed by atoms with E-state index in [2.05, 4.69) is 19.9 Å². The quantitative estimate of drug-likeness (QED) is 0.250. The van der Waals surface area contributed by atoms with E-state index in [1.807, 2.05) is 17.8 Å². The summed E-state index contributed by atoms with van der Waals surface area (Å²) < 4.78 is 2.01. The van der Waals surface area contributed by atoms with Crippen molar-refractivity contribution >= 4 is 23.9 Å². The lowest BCUT2D eigenvalue weighted by Crippen LogP contribution is -2.30. The second kappa shape index (κ2) is 9.05. The van der Waals surface area contributed by atoms with Crippen molar-refractivity contribution in [3.8, 4) is 0 Å². The number of nitrogens with zero attached hydrogens (tertiary/aromatic N) is 1. The third-order valence-corrected chi connectivity index (χ3v) is 3.13. The highest BCUT2D eigenvalue weighted by atomic mass is 32.2. The maximum absolute atomic E-state index is 10.9. The van der Waals surface area contributed by atoms with Crippen molar-refractivity contribution in [3.05, 3.63) is 22.8 Å². The fraction of sp³-hybridized carbons (Fsp3) is 0.538. The number of aldehydes is 1. The first-order chi connectivity index (χ1) is 8.15. The van der Waals surface area contributed by atoms with Gasteiger partial charge in [0, 0.05) is 0 Å². The van der Waals surface area contributed by atoms with E-state index in [1.54, 1.807) is 17.8 Å². The Balaban J connectivity index is 5.53. The second-order valence-corrected chi connectivity index (χ2v) is 4.38. The molecule has 0 heterocycles. The molecule has 0 aliphatic carbocycles. The summed E-state index contributed by atoms with van der Waals surface area (Å²) in [7, 11) is 0. The number of hydrogen-bond donors (Lipinski definition) is 1. The average molecular weight is 255 g/mol. The van der Waals surface area contributed by atoms with Gasteiger partial charge in [0.1, 0.15) is 0 Å². The lowest BCUT2D eigenvalue weighted by atomic mass is 10.2. The Labute approximate surface area is 108 Å². The van der Waals surface area contributed by atoms with Gasteiger partial charge in [-0.2, -0.15) is 0 Å². The van der Waals surface area contributed by atoms with Crippen LogP contribution in [0.5, 0.6) is 0 Å². The molecule has 0 aromatic heterocycles. The highest BCUT2D eigenvalue weighted by Gasteiger charge is 2.16. The van der Waals surface area contributed by atoms with Gasteiger partial charge in [-0.3, -0.25) is 10.5 Å². The van der Waals surface area contributed by atoms with E-state index < -0.39 is 0 Å². The number of rotatable bonds is 7. The van der Waals surface area contributed by atoms with Gasteiger partial charge in [-0.05, 0) is 32.1 Å². The van der Waals surface area contributed by atoms with Crippen molar-refractivity contribution in [1.29, 1.82) is 0 Å². The fourth-order valence-electron chi connectivity index (χ4n) is 1.48. The number of carbonyl (C=O) groups is 1. The van der Waals surface area contributed by atoms with E-state index in [9.17, 15) is 4.79 Å². The van der Waals surface area contributed by atoms with Gasteiger partial charge in [0.25, 0.3) is 5.84 Å². The third-order valence-electron chi connectivity index (χ3n) is 2.33. The largest absolute Gasteiger partial charge is 0.298 e. The molecule has 0 amide bonds. The molecular formula is C13H23N2OS+. The first-order valence-corrected chi connectivity index (χ1v) is 7.14. The molecule has 0 aromatic carbocycles. The second-order valence-electron chi connectivity index (χ2n) is 3.55. The number of hydrogen-bond acceptors (Lipinski definition) is 2. The molecule has 0 rings (SSSR count). The van der Waals surface area contributed by atoms with Gasteiger partial charge in [0.05, 0.1) is 12.1 Å². The Hall–Kier alpha value is -1.03. The first-order valence-electron chi connectivity index (χ1n) is 5.92. The predicted molar refractivity (Wildman–Crippen MR) is 76.3 cm³/mol. The van der Waals surface area contributed by atoms with E-state index in [0.29, 0.717) is 11.4 Å². The Morgan fingerprint density at radius 2 is 2.06 bits per heavy atom. The molecular weight excluding hydrogens is 232 g/mol. The average Bonchev–Trinajstić information content (AvgIpc) is 2.35. The molecule has 0 saturated heterocycles. The van der Waals surface area contributed by atoms with Crippen molar-refractivity contribution in [3.63, 3.8) is 0 Å². The van der Waals surface area contributed by atoms with Crippen LogP contribution in [0.25, 0.3) is 0 Å². The molecule has 4 heteroatoms. The number of carbonyl (C=O) groups excluding carboxylic acids is 1. The Morgan fingerprint density at radius 1 is 1.41 bits per heavy atom. The zero-order chi connectivity index (χ0) is 13.3. The fourth-order valence-corrected chi connectivity index (χ4v) is 2.23. The maximum Gasteiger partial charge on any atom is 0.283 e. The zero-order valence-corrected chi connectivity index (χ0v) is 12.0. The van der Waals surface area contributed by atoms with Crippen molar-refractivity contribution in [2.24, 2.45) is 5.73 Å². The smallest absolute Gasteiger partial charge is 0.283 e. The summed E-state index contributed by atoms with van der Waals surface area (Å²) in [6.07, 6.45) is 8.64. The summed E-state index contributed by atoms with van der Waals surface area (Å²) >= 11 is 1.65. The molecule has 0 bridgehead atoms. The van der Waals surface area contributed by atoms with Gasteiger partial charge in [0.15, 0.2) is 11.3 Å². The van der Waals surface area contributed by atoms with E-state index in [-0.39, 0.29) is 0 Å². The maximum atomic E-state index is 10.9. The number of allylic oxidation sites excluding steroid dienone is 2. The summed E-state index contributed by atoms with van der Waals surface area (Å²) in [5.74, 6) is 0.540. The summed E-state index contributed by atoms with van der Waals surface area (Å²) in [6.45, 7) is 6.83. The topological polar surface area (TPSA) is 46.1 Å². The molecule has 0 radical (unpaired) electrons. The van der Waals surface area contributed by atoms with Crippen molar-refractivity contribution in [2.45, 2.75) is 33.6 Å². The van der Waals surface area contributed by atoms with Crippen molar-refractivity contribution in [2.75, 3.05) is 12.8 Å². The van der Waals surface area contributed by atoms with Crippen LogP contribution in [-0.4, -0.2) is 29.5 Å². The monoisotopic (exact) mass is 255 g/mol. The van der Waals surface area contributed by atoms with E-state index >= 15 is 0 Å². The van der Waals surface area contributed by atoms with Crippen LogP contribution in [0.1, 0.15) is 33.6 Å². The van der Waals surface area contributed by atoms with Crippen LogP contribution in [0.2, 0.25) is 0 Å². The van der Waals surface area contributed by atoms with Gasteiger partial charge >= 0.3 is 0 Å². The molecule has 2 N–H and O–H groups in total. The molecule has 17 heavy (non-hydrogen) atoms. The van der Waals surface area contributed by atoms with Crippen LogP contribution < -0.4 is 5.73 Å². The SMILES string of the molecule is CC=C(C=O)C(N)=[N+](CCC)C(=CCC)SC. The molecule has 0 atom stereocenters. The summed E-state index contributed by atoms with van der Waals surface area (Å²) in [5, 5.41) is 1.10. The van der Waals surface area contributed by atoms with Crippen molar-refractivity contribution in [1.82, 2.24) is 0 Å². The van der Waals surface area contributed by atoms with Crippen LogP contribution in [0.3, 0.4) is 0 Å². The molecule has 3 nitrogen and oxygen atoms in total. The van der Waals surface area contributed by atoms with Crippen LogP contribution in [0.15, 0.2) is 22.8 Å². The first kappa shape index (κ1) is 16.0. The number of thioether (sulfide) groups is 1. The van der Waals surface area contributed by atoms with Crippen LogP contribution in [0, 0.1) is 0 Å². The van der Waals surface area contributed by atoms with Crippen LogP contribution in [0.4, 0.5) is 0 Å². The van der Waals surface area contributed by atoms with Gasteiger partial charge in [-0.25, -0.2) is 4.58 Å². The molecule has 0 spiro atoms. The molecule has 0 aliphatic heterocycles. The minimum Gasteiger partial charge on any atom is -0.298 e. The van der Waals surface area contributed by atoms with Gasteiger partial charge in [-0.1, -0.05) is 31.7 Å². The summed E-state index contributed by atoms with van der Waals surface area (Å²) in [5.41, 5.74) is 6.62. The Bertz CT molecular complexity index is 343. The zero-order valence-electron chi connectivity index (χ0n) is 11.2. The third kappa shape index (κ3) is 4.77. The summed E-state index contributed by atoms with van der Waals surface area (Å²) in [6, 6.07) is 0. The summed E-state index contributed by atoms with van der Waals surface area (Å²) in [4.78, 5) is 10.9. The standard InChI is InChI=1S/C13H22N2OS/c1-5-8-12(17-4)15(9-6-2)13(14)11(7-3)10-16/h7-8,10,14H,5-6,9H2,1-4H3/p+1. The number of nitrogens with two attached hydrogens (primary N) is 1. The van der Waals surface area contributed by atoms with E-state index in [4.69, 9.17) is 5.73 Å². The minimum absolute atomic E-state index is 0.540. The van der Waals surface area contributed by atoms with Crippen molar-refractivity contribution < 1.29 is 9.37 Å². The lowest BCUT2D eigenvalue weighted by Gasteiger charge is -2.10. The Morgan fingerprint density at radius 3 is 2.41 bits per heavy atom. The van der Waals surface area contributed by atoms with Crippen LogP contribution in [-0.2, 0) is 4.79 Å². The van der Waals surface area contributed by atoms with Crippen LogP contribution >= 0.6 is 11.8 Å². The van der Waals surface area contributed by atoms with E-state index in [1.165, 1.54) is 0 Å². The highest BCUT2D eigenvalue weighted by Crippen LogP contribution is 2.15. The molecule has 0 fully saturated rings. The van der Waals surface area contributed by atoms with Gasteiger partial charge in [-0.15, -0.1) is 0 Å². The molecule has 0 unspecified atom stereocenters. The predicted octanol–water partition coefficient (Wildman–Crippen LogP) is 2.53. The molecule has 96 valence electrons. The van der Waals surface area contributed by atoms with Gasteiger partial charge in [0.2, 0.25) is 0 Å². The molecule has 0 saturated carbocycles. The normalized spacial score (nSPS) is 14.6. The number of amidine groups is 1. The minimum atomic E-state index is 0.540.